The number of furan rings is 1. The number of fused-ring (bicyclic) bond motifs is 2. The van der Waals surface area contributed by atoms with Crippen LogP contribution in [0, 0.1) is 17.8 Å². The maximum absolute atomic E-state index is 13.3. The SMILES string of the molecule is C[C@@H]1C2N(C(=O)[C@@H]3C[C@H]4C=C[C@@]23O4)[C@@H](c2ccco2)[C@H](C)[C@]1(C)O. The van der Waals surface area contributed by atoms with Crippen LogP contribution < -0.4 is 0 Å². The van der Waals surface area contributed by atoms with E-state index in [1.54, 1.807) is 6.26 Å². The third-order valence-electron chi connectivity index (χ3n) is 7.18. The summed E-state index contributed by atoms with van der Waals surface area (Å²) in [5, 5.41) is 11.3. The molecule has 5 heteroatoms. The lowest BCUT2D eigenvalue weighted by atomic mass is 9.65. The number of carbonyl (C=O) groups is 1. The molecular formula is C19H23NO4. The Morgan fingerprint density at radius 2 is 2.12 bits per heavy atom. The van der Waals surface area contributed by atoms with Crippen molar-refractivity contribution in [2.24, 2.45) is 17.8 Å². The Morgan fingerprint density at radius 1 is 1.33 bits per heavy atom. The molecule has 1 unspecified atom stereocenters. The summed E-state index contributed by atoms with van der Waals surface area (Å²) in [6.45, 7) is 5.93. The first-order valence-electron chi connectivity index (χ1n) is 8.83. The lowest BCUT2D eigenvalue weighted by Crippen LogP contribution is -2.64. The van der Waals surface area contributed by atoms with E-state index < -0.39 is 11.2 Å². The predicted octanol–water partition coefficient (Wildman–Crippen LogP) is 2.28. The lowest BCUT2D eigenvalue weighted by Gasteiger charge is -2.54. The van der Waals surface area contributed by atoms with Gasteiger partial charge in [-0.15, -0.1) is 0 Å². The van der Waals surface area contributed by atoms with Crippen LogP contribution in [0.25, 0.3) is 0 Å². The molecule has 8 atom stereocenters. The number of rotatable bonds is 1. The normalized spacial score (nSPS) is 52.0. The summed E-state index contributed by atoms with van der Waals surface area (Å²) < 4.78 is 11.9. The van der Waals surface area contributed by atoms with Crippen LogP contribution >= 0.6 is 0 Å². The summed E-state index contributed by atoms with van der Waals surface area (Å²) in [6.07, 6.45) is 6.58. The molecule has 1 aromatic heterocycles. The standard InChI is InChI=1S/C19H23NO4/c1-10-15(14-5-4-8-23-14)20-16(11(2)18(10,3)22)19-7-6-12(24-19)9-13(19)17(20)21/h4-8,10-13,15-16,22H,9H2,1-3H3/t10-,11+,12+,13-,15+,16?,18-,19-/m0/s1. The van der Waals surface area contributed by atoms with Crippen LogP contribution in [0.15, 0.2) is 35.0 Å². The quantitative estimate of drug-likeness (QED) is 0.803. The van der Waals surface area contributed by atoms with Crippen molar-refractivity contribution >= 4 is 5.91 Å². The summed E-state index contributed by atoms with van der Waals surface area (Å²) in [7, 11) is 0. The highest BCUT2D eigenvalue weighted by Gasteiger charge is 2.72. The van der Waals surface area contributed by atoms with E-state index in [0.717, 1.165) is 12.2 Å². The summed E-state index contributed by atoms with van der Waals surface area (Å²) in [5.74, 6) is 0.522. The zero-order chi connectivity index (χ0) is 16.9. The monoisotopic (exact) mass is 329 g/mol. The maximum Gasteiger partial charge on any atom is 0.230 e. The average molecular weight is 329 g/mol. The first-order valence-corrected chi connectivity index (χ1v) is 8.83. The van der Waals surface area contributed by atoms with Crippen molar-refractivity contribution in [3.8, 4) is 0 Å². The van der Waals surface area contributed by atoms with Gasteiger partial charge in [0, 0.05) is 11.8 Å². The Kier molecular flexibility index (Phi) is 2.65. The average Bonchev–Trinajstić information content (AvgIpc) is 3.29. The van der Waals surface area contributed by atoms with E-state index in [1.165, 1.54) is 0 Å². The number of hydrogen-bond donors (Lipinski definition) is 1. The molecule has 1 spiro atoms. The lowest BCUT2D eigenvalue weighted by molar-refractivity contribution is -0.178. The van der Waals surface area contributed by atoms with Crippen LogP contribution in [-0.4, -0.2) is 39.3 Å². The summed E-state index contributed by atoms with van der Waals surface area (Å²) >= 11 is 0. The van der Waals surface area contributed by atoms with E-state index in [1.807, 2.05) is 37.8 Å². The number of piperidine rings is 1. The van der Waals surface area contributed by atoms with Gasteiger partial charge in [0.15, 0.2) is 0 Å². The van der Waals surface area contributed by atoms with Crippen LogP contribution in [0.5, 0.6) is 0 Å². The highest BCUT2D eigenvalue weighted by atomic mass is 16.5. The Morgan fingerprint density at radius 3 is 2.79 bits per heavy atom. The fourth-order valence-electron chi connectivity index (χ4n) is 5.62. The largest absolute Gasteiger partial charge is 0.467 e. The smallest absolute Gasteiger partial charge is 0.230 e. The maximum atomic E-state index is 13.3. The second kappa shape index (κ2) is 4.33. The number of amides is 1. The third-order valence-corrected chi connectivity index (χ3v) is 7.18. The molecule has 0 radical (unpaired) electrons. The van der Waals surface area contributed by atoms with E-state index in [2.05, 4.69) is 12.2 Å². The second-order valence-electron chi connectivity index (χ2n) is 8.11. The minimum Gasteiger partial charge on any atom is -0.467 e. The Labute approximate surface area is 141 Å². The Balaban J connectivity index is 1.70. The summed E-state index contributed by atoms with van der Waals surface area (Å²) in [4.78, 5) is 15.3. The van der Waals surface area contributed by atoms with Crippen LogP contribution in [0.3, 0.4) is 0 Å². The van der Waals surface area contributed by atoms with E-state index in [0.29, 0.717) is 0 Å². The van der Waals surface area contributed by atoms with Gasteiger partial charge in [-0.05, 0) is 25.5 Å². The van der Waals surface area contributed by atoms with Crippen molar-refractivity contribution in [1.82, 2.24) is 4.90 Å². The molecule has 4 aliphatic heterocycles. The molecule has 5 heterocycles. The molecule has 0 saturated carbocycles. The first-order chi connectivity index (χ1) is 11.4. The second-order valence-corrected chi connectivity index (χ2v) is 8.11. The van der Waals surface area contributed by atoms with E-state index in [-0.39, 0.29) is 41.8 Å². The minimum absolute atomic E-state index is 0.0414. The van der Waals surface area contributed by atoms with E-state index >= 15 is 0 Å². The topological polar surface area (TPSA) is 62.9 Å². The van der Waals surface area contributed by atoms with Crippen molar-refractivity contribution in [3.05, 3.63) is 36.3 Å². The van der Waals surface area contributed by atoms with Gasteiger partial charge in [0.05, 0.1) is 36.0 Å². The van der Waals surface area contributed by atoms with Gasteiger partial charge in [-0.3, -0.25) is 4.79 Å². The molecule has 2 bridgehead atoms. The Hall–Kier alpha value is -1.59. The molecular weight excluding hydrogens is 306 g/mol. The molecule has 3 saturated heterocycles. The van der Waals surface area contributed by atoms with Gasteiger partial charge in [0.1, 0.15) is 11.4 Å². The zero-order valence-electron chi connectivity index (χ0n) is 14.2. The van der Waals surface area contributed by atoms with Gasteiger partial charge < -0.3 is 19.2 Å². The molecule has 5 nitrogen and oxygen atoms in total. The van der Waals surface area contributed by atoms with Gasteiger partial charge in [-0.1, -0.05) is 26.0 Å². The molecule has 1 N–H and O–H groups in total. The molecule has 1 amide bonds. The fourth-order valence-corrected chi connectivity index (χ4v) is 5.62. The van der Waals surface area contributed by atoms with Crippen LogP contribution in [-0.2, 0) is 9.53 Å². The van der Waals surface area contributed by atoms with Crippen LogP contribution in [0.1, 0.15) is 39.0 Å². The molecule has 1 aromatic rings. The van der Waals surface area contributed by atoms with Gasteiger partial charge in [0.2, 0.25) is 5.91 Å². The van der Waals surface area contributed by atoms with Crippen LogP contribution in [0.4, 0.5) is 0 Å². The highest BCUT2D eigenvalue weighted by molar-refractivity contribution is 5.86. The molecule has 3 fully saturated rings. The van der Waals surface area contributed by atoms with Crippen molar-refractivity contribution in [2.45, 2.75) is 56.6 Å². The molecule has 5 rings (SSSR count). The van der Waals surface area contributed by atoms with Gasteiger partial charge in [-0.25, -0.2) is 0 Å². The molecule has 128 valence electrons. The van der Waals surface area contributed by atoms with Gasteiger partial charge >= 0.3 is 0 Å². The number of hydrogen-bond acceptors (Lipinski definition) is 4. The molecule has 4 aliphatic rings. The number of nitrogens with zero attached hydrogens (tertiary/aromatic N) is 1. The number of aliphatic hydroxyl groups is 1. The Bertz CT molecular complexity index is 724. The van der Waals surface area contributed by atoms with Crippen LogP contribution in [0.2, 0.25) is 0 Å². The third kappa shape index (κ3) is 1.47. The minimum atomic E-state index is -0.916. The number of carbonyl (C=O) groups excluding carboxylic acids is 1. The molecule has 0 aromatic carbocycles. The highest BCUT2D eigenvalue weighted by Crippen LogP contribution is 2.61. The molecule has 24 heavy (non-hydrogen) atoms. The van der Waals surface area contributed by atoms with Crippen molar-refractivity contribution < 1.29 is 19.1 Å². The van der Waals surface area contributed by atoms with Crippen molar-refractivity contribution in [3.63, 3.8) is 0 Å². The zero-order valence-corrected chi connectivity index (χ0v) is 14.2. The van der Waals surface area contributed by atoms with Crippen molar-refractivity contribution in [2.75, 3.05) is 0 Å². The number of ether oxygens (including phenoxy) is 1. The van der Waals surface area contributed by atoms with Gasteiger partial charge in [0.25, 0.3) is 0 Å². The first kappa shape index (κ1) is 14.7. The summed E-state index contributed by atoms with van der Waals surface area (Å²) in [6, 6.07) is 3.31. The predicted molar refractivity (Wildman–Crippen MR) is 85.9 cm³/mol. The fraction of sp³-hybridized carbons (Fsp3) is 0.632. The molecule has 0 aliphatic carbocycles. The van der Waals surface area contributed by atoms with E-state index in [9.17, 15) is 9.90 Å². The summed E-state index contributed by atoms with van der Waals surface area (Å²) in [5.41, 5.74) is -1.50. The van der Waals surface area contributed by atoms with E-state index in [4.69, 9.17) is 9.15 Å². The van der Waals surface area contributed by atoms with Gasteiger partial charge in [-0.2, -0.15) is 0 Å². The van der Waals surface area contributed by atoms with Crippen molar-refractivity contribution in [1.29, 1.82) is 0 Å².